The number of rotatable bonds is 8. The number of nitrogen functional groups attached to an aromatic ring is 1. The van der Waals surface area contributed by atoms with E-state index in [0.29, 0.717) is 11.3 Å². The van der Waals surface area contributed by atoms with Crippen LogP contribution in [0.5, 0.6) is 0 Å². The van der Waals surface area contributed by atoms with E-state index >= 15 is 0 Å². The maximum Gasteiger partial charge on any atom is 0.161 e. The molecule has 1 rings (SSSR count). The second-order valence-corrected chi connectivity index (χ2v) is 4.25. The first-order chi connectivity index (χ1) is 8.65. The fourth-order valence-electron chi connectivity index (χ4n) is 1.65. The molecule has 1 aromatic carbocycles. The summed E-state index contributed by atoms with van der Waals surface area (Å²) in [6.07, 6.45) is 2.00. The van der Waals surface area contributed by atoms with Crippen LogP contribution in [0.25, 0.3) is 0 Å². The first kappa shape index (κ1) is 14.5. The molecule has 4 heteroatoms. The van der Waals surface area contributed by atoms with Gasteiger partial charge in [0.25, 0.3) is 0 Å². The quantitative estimate of drug-likeness (QED) is 0.423. The highest BCUT2D eigenvalue weighted by Crippen LogP contribution is 2.18. The average Bonchev–Trinajstić information content (AvgIpc) is 2.33. The van der Waals surface area contributed by atoms with E-state index in [1.807, 2.05) is 6.07 Å². The molecular weight excluding hydrogens is 228 g/mol. The Labute approximate surface area is 109 Å². The summed E-state index contributed by atoms with van der Waals surface area (Å²) >= 11 is 0. The Bertz CT molecular complexity index is 391. The Morgan fingerprint density at radius 1 is 1.39 bits per heavy atom. The zero-order valence-electron chi connectivity index (χ0n) is 11.2. The molecule has 0 radical (unpaired) electrons. The third-order valence-corrected chi connectivity index (χ3v) is 2.57. The molecule has 3 N–H and O–H groups in total. The van der Waals surface area contributed by atoms with E-state index in [1.54, 1.807) is 12.1 Å². The van der Waals surface area contributed by atoms with Crippen LogP contribution in [0, 0.1) is 0 Å². The minimum absolute atomic E-state index is 0.00739. The van der Waals surface area contributed by atoms with Crippen LogP contribution in [-0.2, 0) is 4.74 Å². The smallest absolute Gasteiger partial charge is 0.161 e. The molecule has 0 aliphatic heterocycles. The molecule has 0 heterocycles. The lowest BCUT2D eigenvalue weighted by Crippen LogP contribution is -2.07. The molecule has 0 aliphatic rings. The Morgan fingerprint density at radius 3 is 2.78 bits per heavy atom. The van der Waals surface area contributed by atoms with Crippen molar-refractivity contribution in [3.05, 3.63) is 23.8 Å². The van der Waals surface area contributed by atoms with Crippen LogP contribution in [0.1, 0.15) is 37.0 Å². The van der Waals surface area contributed by atoms with E-state index in [2.05, 4.69) is 12.2 Å². The Morgan fingerprint density at radius 2 is 2.17 bits per heavy atom. The van der Waals surface area contributed by atoms with Crippen molar-refractivity contribution in [2.75, 3.05) is 30.8 Å². The van der Waals surface area contributed by atoms with Gasteiger partial charge in [0, 0.05) is 36.7 Å². The lowest BCUT2D eigenvalue weighted by Gasteiger charge is -2.09. The van der Waals surface area contributed by atoms with Gasteiger partial charge in [-0.15, -0.1) is 0 Å². The molecule has 0 saturated heterocycles. The van der Waals surface area contributed by atoms with E-state index in [4.69, 9.17) is 10.5 Å². The van der Waals surface area contributed by atoms with Gasteiger partial charge in [0.1, 0.15) is 0 Å². The molecule has 0 amide bonds. The number of ether oxygens (including phenoxy) is 1. The van der Waals surface area contributed by atoms with Gasteiger partial charge in [0.05, 0.1) is 0 Å². The highest BCUT2D eigenvalue weighted by molar-refractivity contribution is 5.99. The van der Waals surface area contributed by atoms with Crippen LogP contribution in [0.3, 0.4) is 0 Å². The lowest BCUT2D eigenvalue weighted by atomic mass is 10.1. The fourth-order valence-corrected chi connectivity index (χ4v) is 1.65. The molecule has 0 saturated carbocycles. The van der Waals surface area contributed by atoms with Crippen molar-refractivity contribution >= 4 is 17.2 Å². The van der Waals surface area contributed by atoms with Crippen molar-refractivity contribution < 1.29 is 9.53 Å². The van der Waals surface area contributed by atoms with Gasteiger partial charge in [-0.2, -0.15) is 0 Å². The molecule has 4 nitrogen and oxygen atoms in total. The zero-order valence-corrected chi connectivity index (χ0v) is 11.2. The third-order valence-electron chi connectivity index (χ3n) is 2.57. The van der Waals surface area contributed by atoms with E-state index in [9.17, 15) is 4.79 Å². The number of hydrogen-bond donors (Lipinski definition) is 2. The summed E-state index contributed by atoms with van der Waals surface area (Å²) in [6.45, 7) is 6.03. The van der Waals surface area contributed by atoms with E-state index in [0.717, 1.165) is 38.3 Å². The van der Waals surface area contributed by atoms with Gasteiger partial charge in [0.2, 0.25) is 0 Å². The van der Waals surface area contributed by atoms with Crippen LogP contribution >= 0.6 is 0 Å². The number of carbonyl (C=O) groups excluding carboxylic acids is 1. The second-order valence-electron chi connectivity index (χ2n) is 4.25. The maximum atomic E-state index is 11.2. The summed E-state index contributed by atoms with van der Waals surface area (Å²) in [6, 6.07) is 5.43. The predicted octanol–water partition coefficient (Wildman–Crippen LogP) is 2.70. The molecule has 1 aromatic rings. The first-order valence-corrected chi connectivity index (χ1v) is 6.37. The molecule has 0 aromatic heterocycles. The SMILES string of the molecule is CCCOCCCNc1ccc(C(C)=O)c(N)c1. The molecule has 0 aliphatic carbocycles. The second kappa shape index (κ2) is 7.71. The topological polar surface area (TPSA) is 64.3 Å². The number of anilines is 2. The highest BCUT2D eigenvalue weighted by atomic mass is 16.5. The van der Waals surface area contributed by atoms with E-state index < -0.39 is 0 Å². The van der Waals surface area contributed by atoms with Gasteiger partial charge in [-0.3, -0.25) is 4.79 Å². The van der Waals surface area contributed by atoms with Crippen LogP contribution in [-0.4, -0.2) is 25.5 Å². The molecule has 100 valence electrons. The van der Waals surface area contributed by atoms with Crippen LogP contribution < -0.4 is 11.1 Å². The number of ketones is 1. The first-order valence-electron chi connectivity index (χ1n) is 6.37. The predicted molar refractivity (Wildman–Crippen MR) is 75.1 cm³/mol. The molecule has 0 bridgehead atoms. The van der Waals surface area contributed by atoms with Crippen molar-refractivity contribution in [3.8, 4) is 0 Å². The minimum Gasteiger partial charge on any atom is -0.398 e. The molecule has 0 unspecified atom stereocenters. The van der Waals surface area contributed by atoms with E-state index in [-0.39, 0.29) is 5.78 Å². The molecule has 0 atom stereocenters. The van der Waals surface area contributed by atoms with Gasteiger partial charge in [0.15, 0.2) is 5.78 Å². The zero-order chi connectivity index (χ0) is 13.4. The Kier molecular flexibility index (Phi) is 6.22. The summed E-state index contributed by atoms with van der Waals surface area (Å²) in [5, 5.41) is 3.26. The summed E-state index contributed by atoms with van der Waals surface area (Å²) < 4.78 is 5.39. The summed E-state index contributed by atoms with van der Waals surface area (Å²) in [5.41, 5.74) is 7.84. The number of nitrogens with one attached hydrogen (secondary N) is 1. The van der Waals surface area contributed by atoms with Gasteiger partial charge >= 0.3 is 0 Å². The van der Waals surface area contributed by atoms with Gasteiger partial charge in [-0.25, -0.2) is 0 Å². The normalized spacial score (nSPS) is 10.3. The standard InChI is InChI=1S/C14H22N2O2/c1-3-8-18-9-4-7-16-12-5-6-13(11(2)17)14(15)10-12/h5-6,10,16H,3-4,7-9,15H2,1-2H3. The van der Waals surface area contributed by atoms with Gasteiger partial charge in [-0.05, 0) is 38.0 Å². The molecule has 18 heavy (non-hydrogen) atoms. The molecular formula is C14H22N2O2. The number of nitrogens with two attached hydrogens (primary N) is 1. The number of carbonyl (C=O) groups is 1. The van der Waals surface area contributed by atoms with Gasteiger partial charge < -0.3 is 15.8 Å². The maximum absolute atomic E-state index is 11.2. The van der Waals surface area contributed by atoms with Crippen LogP contribution in [0.4, 0.5) is 11.4 Å². The number of benzene rings is 1. The van der Waals surface area contributed by atoms with Crippen molar-refractivity contribution in [1.29, 1.82) is 0 Å². The molecule has 0 fully saturated rings. The summed E-state index contributed by atoms with van der Waals surface area (Å²) in [7, 11) is 0. The summed E-state index contributed by atoms with van der Waals surface area (Å²) in [4.78, 5) is 11.2. The monoisotopic (exact) mass is 250 g/mol. The number of Topliss-reactive ketones (excluding diaryl/α,β-unsaturated/α-hetero) is 1. The van der Waals surface area contributed by atoms with Crippen LogP contribution in [0.15, 0.2) is 18.2 Å². The van der Waals surface area contributed by atoms with Gasteiger partial charge in [-0.1, -0.05) is 6.92 Å². The molecule has 0 spiro atoms. The third kappa shape index (κ3) is 4.75. The minimum atomic E-state index is -0.00739. The Hall–Kier alpha value is -1.55. The van der Waals surface area contributed by atoms with E-state index in [1.165, 1.54) is 6.92 Å². The average molecular weight is 250 g/mol. The number of hydrogen-bond acceptors (Lipinski definition) is 4. The summed E-state index contributed by atoms with van der Waals surface area (Å²) in [5.74, 6) is -0.00739. The van der Waals surface area contributed by atoms with Crippen LogP contribution in [0.2, 0.25) is 0 Å². The lowest BCUT2D eigenvalue weighted by molar-refractivity contribution is 0.101. The van der Waals surface area contributed by atoms with Crippen molar-refractivity contribution in [1.82, 2.24) is 0 Å². The largest absolute Gasteiger partial charge is 0.398 e. The van der Waals surface area contributed by atoms with Crippen molar-refractivity contribution in [2.24, 2.45) is 0 Å². The van der Waals surface area contributed by atoms with Crippen molar-refractivity contribution in [2.45, 2.75) is 26.7 Å². The Balaban J connectivity index is 2.35. The fraction of sp³-hybridized carbons (Fsp3) is 0.500. The van der Waals surface area contributed by atoms with Crippen molar-refractivity contribution in [3.63, 3.8) is 0 Å². The highest BCUT2D eigenvalue weighted by Gasteiger charge is 2.04.